The van der Waals surface area contributed by atoms with Gasteiger partial charge in [-0.05, 0) is 107 Å². The lowest BCUT2D eigenvalue weighted by atomic mass is 9.65. The molecule has 0 saturated carbocycles. The SMILES string of the molecule is Cc1ccccc1-c1ccccc1Cc1cnc2c(c1)C1(c3ccc(-n4c5ccccc5c5ccccc54)cc3Oc3cccc(N4c5ccccc5Oc5ccccc54)c31)c1cccnc1-2. The number of hydrogen-bond donors (Lipinski definition) is 0. The number of hydrogen-bond acceptors (Lipinski definition) is 5. The van der Waals surface area contributed by atoms with Gasteiger partial charge in [-0.15, -0.1) is 0 Å². The van der Waals surface area contributed by atoms with Crippen LogP contribution in [0.25, 0.3) is 50.0 Å². The first-order valence-corrected chi connectivity index (χ1v) is 22.8. The van der Waals surface area contributed by atoms with Crippen molar-refractivity contribution in [3.63, 3.8) is 0 Å². The molecule has 0 N–H and O–H groups in total. The Hall–Kier alpha value is -8.74. The Kier molecular flexibility index (Phi) is 8.07. The number of aromatic nitrogens is 3. The van der Waals surface area contributed by atoms with Gasteiger partial charge in [0.1, 0.15) is 11.5 Å². The fourth-order valence-electron chi connectivity index (χ4n) is 11.3. The third kappa shape index (κ3) is 5.38. The Labute approximate surface area is 387 Å². The van der Waals surface area contributed by atoms with Crippen LogP contribution in [0.5, 0.6) is 23.0 Å². The summed E-state index contributed by atoms with van der Waals surface area (Å²) in [5.41, 5.74) is 17.3. The summed E-state index contributed by atoms with van der Waals surface area (Å²) in [4.78, 5) is 12.9. The molecule has 0 saturated heterocycles. The van der Waals surface area contributed by atoms with Crippen molar-refractivity contribution < 1.29 is 9.47 Å². The van der Waals surface area contributed by atoms with Gasteiger partial charge in [0.05, 0.1) is 44.9 Å². The first kappa shape index (κ1) is 37.6. The Bertz CT molecular complexity index is 3750. The summed E-state index contributed by atoms with van der Waals surface area (Å²) in [5.74, 6) is 3.12. The molecule has 3 aromatic heterocycles. The highest BCUT2D eigenvalue weighted by molar-refractivity contribution is 6.09. The number of para-hydroxylation sites is 6. The molecule has 1 atom stereocenters. The van der Waals surface area contributed by atoms with Gasteiger partial charge in [-0.2, -0.15) is 0 Å². The predicted octanol–water partition coefficient (Wildman–Crippen LogP) is 15.2. The molecule has 3 aliphatic rings. The van der Waals surface area contributed by atoms with Gasteiger partial charge < -0.3 is 18.9 Å². The maximum Gasteiger partial charge on any atom is 0.151 e. The summed E-state index contributed by atoms with van der Waals surface area (Å²) in [6.45, 7) is 2.19. The fraction of sp³-hybridized carbons (Fsp3) is 0.0492. The maximum atomic E-state index is 7.35. The third-order valence-corrected chi connectivity index (χ3v) is 14.1. The smallest absolute Gasteiger partial charge is 0.151 e. The topological polar surface area (TPSA) is 52.4 Å². The van der Waals surface area contributed by atoms with Crippen LogP contribution < -0.4 is 14.4 Å². The maximum absolute atomic E-state index is 7.35. The second kappa shape index (κ2) is 14.4. The van der Waals surface area contributed by atoms with Crippen LogP contribution in [0.4, 0.5) is 17.1 Å². The third-order valence-electron chi connectivity index (χ3n) is 14.1. The largest absolute Gasteiger partial charge is 0.457 e. The minimum Gasteiger partial charge on any atom is -0.457 e. The molecule has 8 aromatic carbocycles. The monoisotopic (exact) mass is 860 g/mol. The number of fused-ring (bicyclic) bond motifs is 14. The van der Waals surface area contributed by atoms with E-state index in [1.54, 1.807) is 0 Å². The van der Waals surface area contributed by atoms with Crippen LogP contribution in [0.15, 0.2) is 213 Å². The van der Waals surface area contributed by atoms with Crippen LogP contribution in [-0.2, 0) is 11.8 Å². The average molecular weight is 861 g/mol. The predicted molar refractivity (Wildman–Crippen MR) is 268 cm³/mol. The number of aryl methyl sites for hydroxylation is 1. The minimum absolute atomic E-state index is 0.694. The van der Waals surface area contributed by atoms with Crippen LogP contribution >= 0.6 is 0 Å². The molecular formula is C61H40N4O2. The summed E-state index contributed by atoms with van der Waals surface area (Å²) in [7, 11) is 0. The standard InChI is InChI=1S/C61H40N4O2/c1-38-16-2-4-18-42(38)43-19-5-3-17-40(43)34-39-35-48-60(63-37-39)59-47(22-15-33-62-59)61(48)46-32-31-41(64-49-23-8-6-20-44(49)45-21-7-9-24-50(45)64)36-57(46)67-56-30-14-27-53(58(56)61)65-51-25-10-12-28-54(51)66-55-29-13-11-26-52(55)65/h2-33,35-37H,34H2,1H3. The molecule has 2 aliphatic heterocycles. The number of anilines is 3. The molecule has 0 fully saturated rings. The van der Waals surface area contributed by atoms with Crippen molar-refractivity contribution in [2.24, 2.45) is 0 Å². The second-order valence-corrected chi connectivity index (χ2v) is 17.7. The molecule has 1 unspecified atom stereocenters. The summed E-state index contributed by atoms with van der Waals surface area (Å²) < 4.78 is 16.3. The van der Waals surface area contributed by atoms with Gasteiger partial charge in [0, 0.05) is 51.6 Å². The van der Waals surface area contributed by atoms with Gasteiger partial charge in [-0.3, -0.25) is 9.97 Å². The summed E-state index contributed by atoms with van der Waals surface area (Å²) >= 11 is 0. The molecule has 1 aliphatic carbocycles. The molecular weight excluding hydrogens is 821 g/mol. The molecule has 11 aromatic rings. The van der Waals surface area contributed by atoms with Crippen LogP contribution in [0.1, 0.15) is 38.9 Å². The van der Waals surface area contributed by atoms with Gasteiger partial charge in [0.2, 0.25) is 0 Å². The van der Waals surface area contributed by atoms with E-state index in [9.17, 15) is 0 Å². The Balaban J connectivity index is 1.05. The summed E-state index contributed by atoms with van der Waals surface area (Å²) in [6, 6.07) is 71.2. The van der Waals surface area contributed by atoms with Crippen LogP contribution in [0, 0.1) is 6.92 Å². The number of ether oxygens (including phenoxy) is 2. The van der Waals surface area contributed by atoms with Crippen molar-refractivity contribution in [2.75, 3.05) is 4.90 Å². The lowest BCUT2D eigenvalue weighted by Gasteiger charge is -2.43. The highest BCUT2D eigenvalue weighted by atomic mass is 16.5. The zero-order chi connectivity index (χ0) is 44.2. The van der Waals surface area contributed by atoms with E-state index < -0.39 is 5.41 Å². The van der Waals surface area contributed by atoms with Crippen LogP contribution in [0.2, 0.25) is 0 Å². The van der Waals surface area contributed by atoms with E-state index in [2.05, 4.69) is 199 Å². The second-order valence-electron chi connectivity index (χ2n) is 17.7. The fourth-order valence-corrected chi connectivity index (χ4v) is 11.3. The van der Waals surface area contributed by atoms with Gasteiger partial charge in [-0.1, -0.05) is 133 Å². The summed E-state index contributed by atoms with van der Waals surface area (Å²) in [6.07, 6.45) is 4.64. The van der Waals surface area contributed by atoms with Crippen molar-refractivity contribution in [1.82, 2.24) is 14.5 Å². The highest BCUT2D eigenvalue weighted by Crippen LogP contribution is 2.65. The Morgan fingerprint density at radius 1 is 0.478 bits per heavy atom. The van der Waals surface area contributed by atoms with Crippen molar-refractivity contribution >= 4 is 38.9 Å². The summed E-state index contributed by atoms with van der Waals surface area (Å²) in [5, 5.41) is 2.42. The molecule has 1 spiro atoms. The van der Waals surface area contributed by atoms with E-state index in [-0.39, 0.29) is 0 Å². The number of rotatable bonds is 5. The molecule has 0 amide bonds. The Morgan fingerprint density at radius 3 is 1.88 bits per heavy atom. The van der Waals surface area contributed by atoms with Gasteiger partial charge in [0.25, 0.3) is 0 Å². The number of pyridine rings is 2. The molecule has 316 valence electrons. The lowest BCUT2D eigenvalue weighted by molar-refractivity contribution is 0.436. The van der Waals surface area contributed by atoms with Gasteiger partial charge in [0.15, 0.2) is 11.5 Å². The highest BCUT2D eigenvalue weighted by Gasteiger charge is 2.54. The van der Waals surface area contributed by atoms with Gasteiger partial charge >= 0.3 is 0 Å². The van der Waals surface area contributed by atoms with Crippen LogP contribution in [0.3, 0.4) is 0 Å². The van der Waals surface area contributed by atoms with Crippen molar-refractivity contribution in [2.45, 2.75) is 18.8 Å². The van der Waals surface area contributed by atoms with Crippen LogP contribution in [-0.4, -0.2) is 14.5 Å². The van der Waals surface area contributed by atoms with Crippen molar-refractivity contribution in [3.8, 4) is 51.2 Å². The molecule has 5 heterocycles. The zero-order valence-corrected chi connectivity index (χ0v) is 36.5. The van der Waals surface area contributed by atoms with E-state index in [1.165, 1.54) is 33.0 Å². The number of nitrogens with zero attached hydrogens (tertiary/aromatic N) is 4. The van der Waals surface area contributed by atoms with Crippen molar-refractivity contribution in [3.05, 3.63) is 252 Å². The van der Waals surface area contributed by atoms with E-state index in [4.69, 9.17) is 19.4 Å². The first-order chi connectivity index (χ1) is 33.1. The van der Waals surface area contributed by atoms with Gasteiger partial charge in [-0.25, -0.2) is 0 Å². The number of benzene rings is 8. The first-order valence-electron chi connectivity index (χ1n) is 22.8. The molecule has 6 nitrogen and oxygen atoms in total. The average Bonchev–Trinajstić information content (AvgIpc) is 3.86. The van der Waals surface area contributed by atoms with E-state index >= 15 is 0 Å². The molecule has 14 rings (SSSR count). The zero-order valence-electron chi connectivity index (χ0n) is 36.5. The van der Waals surface area contributed by atoms with Crippen molar-refractivity contribution in [1.29, 1.82) is 0 Å². The molecule has 67 heavy (non-hydrogen) atoms. The molecule has 0 bridgehead atoms. The molecule has 6 heteroatoms. The normalized spacial score (nSPS) is 15.0. The minimum atomic E-state index is -0.904. The van der Waals surface area contributed by atoms with E-state index in [1.807, 2.05) is 30.5 Å². The quantitative estimate of drug-likeness (QED) is 0.173. The molecule has 0 radical (unpaired) electrons. The van der Waals surface area contributed by atoms with E-state index in [0.717, 1.165) is 96.0 Å². The Morgan fingerprint density at radius 2 is 1.10 bits per heavy atom. The van der Waals surface area contributed by atoms with E-state index in [0.29, 0.717) is 6.42 Å². The lowest BCUT2D eigenvalue weighted by Crippen LogP contribution is -2.34.